The van der Waals surface area contributed by atoms with E-state index in [-0.39, 0.29) is 5.56 Å². The molecular formula is C37H36O9. The minimum absolute atomic E-state index is 0.174. The normalized spacial score (nSPS) is 33.9. The van der Waals surface area contributed by atoms with Crippen LogP contribution in [0.3, 0.4) is 0 Å². The fourth-order valence-corrected chi connectivity index (χ4v) is 9.32. The molecule has 0 radical (unpaired) electrons. The van der Waals surface area contributed by atoms with Crippen LogP contribution < -0.4 is 0 Å². The summed E-state index contributed by atoms with van der Waals surface area (Å²) in [5.41, 5.74) is -4.98. The second kappa shape index (κ2) is 10.1. The summed E-state index contributed by atoms with van der Waals surface area (Å²) in [6, 6.07) is 13.6. The summed E-state index contributed by atoms with van der Waals surface area (Å²) in [6.07, 6.45) is -1.02. The number of phenols is 1. The zero-order chi connectivity index (χ0) is 33.8. The highest BCUT2D eigenvalue weighted by molar-refractivity contribution is 6.33. The van der Waals surface area contributed by atoms with Crippen LogP contribution in [-0.4, -0.2) is 62.2 Å². The van der Waals surface area contributed by atoms with Crippen molar-refractivity contribution in [2.75, 3.05) is 0 Å². The molecular weight excluding hydrogens is 588 g/mol. The predicted octanol–water partition coefficient (Wildman–Crippen LogP) is 4.26. The number of ketones is 5. The molecule has 6 rings (SSSR count). The SMILES string of the molecule is CC(=O)C1C(=O)C(C(C)C)[C@@]2(C)[C@H](O)[C@]3(C)C(C(=O)c4c(O)ccc(-c5ccc(C=O)c6ccccc56)c4[C@H]3C)C(=O)[C@@]2(O)C1=O. The Morgan fingerprint density at radius 1 is 0.913 bits per heavy atom. The van der Waals surface area contributed by atoms with Crippen molar-refractivity contribution in [1.29, 1.82) is 0 Å². The number of rotatable bonds is 4. The van der Waals surface area contributed by atoms with E-state index in [2.05, 4.69) is 0 Å². The van der Waals surface area contributed by atoms with Gasteiger partial charge in [-0.25, -0.2) is 0 Å². The molecule has 3 aliphatic carbocycles. The number of aliphatic hydroxyl groups excluding tert-OH is 1. The van der Waals surface area contributed by atoms with Gasteiger partial charge in [0.15, 0.2) is 35.0 Å². The number of carbonyl (C=O) groups excluding carboxylic acids is 6. The zero-order valence-electron chi connectivity index (χ0n) is 26.5. The molecule has 9 heteroatoms. The van der Waals surface area contributed by atoms with Crippen molar-refractivity contribution in [2.45, 2.75) is 59.2 Å². The van der Waals surface area contributed by atoms with Gasteiger partial charge in [0.25, 0.3) is 0 Å². The van der Waals surface area contributed by atoms with Crippen LogP contribution in [0.1, 0.15) is 73.7 Å². The van der Waals surface area contributed by atoms with E-state index in [1.807, 2.05) is 12.1 Å². The van der Waals surface area contributed by atoms with Gasteiger partial charge in [-0.3, -0.25) is 28.8 Å². The second-order valence-electron chi connectivity index (χ2n) is 14.0. The van der Waals surface area contributed by atoms with Gasteiger partial charge in [0.2, 0.25) is 0 Å². The molecule has 3 unspecified atom stereocenters. The molecule has 2 fully saturated rings. The standard InChI is InChI=1S/C37H36O9/c1-16(2)28-30(41)26(18(4)39)32(43)37(46)33(44)29-31(42)27-24(40)14-13-23(25(27)17(3)35(29,5)34(45)36(28,37)6)22-12-11-19(15-38)20-9-7-8-10-21(20)22/h7-17,26,28-29,34,40,45-46H,1-6H3/t17-,26?,28?,29?,34-,35+,36+,37+/m1/s1. The van der Waals surface area contributed by atoms with Gasteiger partial charge in [-0.05, 0) is 52.3 Å². The third kappa shape index (κ3) is 3.53. The number of Topliss-reactive ketones (excluding diaryl/α,β-unsaturated/α-hetero) is 5. The summed E-state index contributed by atoms with van der Waals surface area (Å²) >= 11 is 0. The summed E-state index contributed by atoms with van der Waals surface area (Å²) in [5, 5.41) is 37.3. The molecule has 9 nitrogen and oxygen atoms in total. The first-order valence-electron chi connectivity index (χ1n) is 15.4. The van der Waals surface area contributed by atoms with Crippen molar-refractivity contribution >= 4 is 46.0 Å². The molecule has 3 N–H and O–H groups in total. The number of aliphatic hydroxyl groups is 2. The van der Waals surface area contributed by atoms with E-state index in [0.29, 0.717) is 33.0 Å². The number of carbonyl (C=O) groups is 6. The summed E-state index contributed by atoms with van der Waals surface area (Å²) in [6.45, 7) is 8.93. The quantitative estimate of drug-likeness (QED) is 0.284. The Morgan fingerprint density at radius 3 is 2.11 bits per heavy atom. The van der Waals surface area contributed by atoms with Gasteiger partial charge in [-0.2, -0.15) is 0 Å². The highest BCUT2D eigenvalue weighted by atomic mass is 16.3. The van der Waals surface area contributed by atoms with Gasteiger partial charge in [-0.15, -0.1) is 0 Å². The number of fused-ring (bicyclic) bond motifs is 4. The van der Waals surface area contributed by atoms with Crippen LogP contribution in [0.2, 0.25) is 0 Å². The van der Waals surface area contributed by atoms with Gasteiger partial charge >= 0.3 is 0 Å². The molecule has 46 heavy (non-hydrogen) atoms. The van der Waals surface area contributed by atoms with Crippen molar-refractivity contribution in [2.24, 2.45) is 34.5 Å². The van der Waals surface area contributed by atoms with E-state index in [0.717, 1.165) is 13.2 Å². The average molecular weight is 625 g/mol. The van der Waals surface area contributed by atoms with Crippen LogP contribution in [-0.2, 0) is 19.2 Å². The van der Waals surface area contributed by atoms with E-state index in [1.165, 1.54) is 13.0 Å². The molecule has 3 aromatic carbocycles. The Bertz CT molecular complexity index is 1920. The van der Waals surface area contributed by atoms with Crippen molar-refractivity contribution in [1.82, 2.24) is 0 Å². The van der Waals surface area contributed by atoms with E-state index >= 15 is 0 Å². The first-order valence-corrected chi connectivity index (χ1v) is 15.4. The van der Waals surface area contributed by atoms with Crippen LogP contribution in [0.15, 0.2) is 48.5 Å². The molecule has 0 spiro atoms. The highest BCUT2D eigenvalue weighted by Gasteiger charge is 2.80. The number of benzene rings is 3. The van der Waals surface area contributed by atoms with Crippen LogP contribution >= 0.6 is 0 Å². The van der Waals surface area contributed by atoms with Gasteiger partial charge in [0.05, 0.1) is 17.6 Å². The predicted molar refractivity (Wildman–Crippen MR) is 167 cm³/mol. The lowest BCUT2D eigenvalue weighted by atomic mass is 9.37. The lowest BCUT2D eigenvalue weighted by Crippen LogP contribution is -2.82. The van der Waals surface area contributed by atoms with Crippen LogP contribution in [0.4, 0.5) is 0 Å². The largest absolute Gasteiger partial charge is 0.507 e. The minimum atomic E-state index is -3.03. The van der Waals surface area contributed by atoms with Crippen molar-refractivity contribution < 1.29 is 44.1 Å². The number of aromatic hydroxyl groups is 1. The number of aldehydes is 1. The lowest BCUT2D eigenvalue weighted by molar-refractivity contribution is -0.240. The fraction of sp³-hybridized carbons (Fsp3) is 0.405. The summed E-state index contributed by atoms with van der Waals surface area (Å²) < 4.78 is 0. The molecule has 2 saturated carbocycles. The van der Waals surface area contributed by atoms with Crippen LogP contribution in [0.25, 0.3) is 21.9 Å². The zero-order valence-corrected chi connectivity index (χ0v) is 26.5. The molecule has 0 bridgehead atoms. The van der Waals surface area contributed by atoms with E-state index < -0.39 is 86.8 Å². The van der Waals surface area contributed by atoms with Crippen LogP contribution in [0, 0.1) is 34.5 Å². The van der Waals surface area contributed by atoms with Crippen LogP contribution in [0.5, 0.6) is 5.75 Å². The smallest absolute Gasteiger partial charge is 0.191 e. The molecule has 0 aliphatic heterocycles. The maximum atomic E-state index is 14.7. The lowest BCUT2D eigenvalue weighted by Gasteiger charge is -2.65. The Labute approximate surface area is 265 Å². The molecule has 0 amide bonds. The first kappa shape index (κ1) is 31.6. The van der Waals surface area contributed by atoms with E-state index in [4.69, 9.17) is 0 Å². The molecule has 0 aromatic heterocycles. The molecule has 3 aromatic rings. The van der Waals surface area contributed by atoms with Gasteiger partial charge in [-0.1, -0.05) is 77.1 Å². The Kier molecular flexibility index (Phi) is 6.93. The molecule has 0 saturated heterocycles. The minimum Gasteiger partial charge on any atom is -0.507 e. The van der Waals surface area contributed by atoms with Crippen molar-refractivity contribution in [3.05, 3.63) is 65.2 Å². The summed E-state index contributed by atoms with van der Waals surface area (Å²) in [7, 11) is 0. The van der Waals surface area contributed by atoms with Gasteiger partial charge in [0, 0.05) is 22.3 Å². The van der Waals surface area contributed by atoms with Gasteiger partial charge in [0.1, 0.15) is 17.5 Å². The number of hydrogen-bond donors (Lipinski definition) is 3. The number of phenolic OH excluding ortho intramolecular Hbond substituents is 1. The molecule has 0 heterocycles. The first-order chi connectivity index (χ1) is 21.5. The summed E-state index contributed by atoms with van der Waals surface area (Å²) in [4.78, 5) is 81.5. The van der Waals surface area contributed by atoms with Crippen molar-refractivity contribution in [3.63, 3.8) is 0 Å². The molecule has 3 aliphatic rings. The number of hydrogen-bond acceptors (Lipinski definition) is 9. The molecule has 8 atom stereocenters. The van der Waals surface area contributed by atoms with E-state index in [9.17, 15) is 44.1 Å². The highest BCUT2D eigenvalue weighted by Crippen LogP contribution is 2.67. The maximum absolute atomic E-state index is 14.7. The third-order valence-corrected chi connectivity index (χ3v) is 11.6. The molecule has 238 valence electrons. The Balaban J connectivity index is 1.66. The topological polar surface area (TPSA) is 163 Å². The second-order valence-corrected chi connectivity index (χ2v) is 14.0. The average Bonchev–Trinajstić information content (AvgIpc) is 3.00. The third-order valence-electron chi connectivity index (χ3n) is 11.6. The van der Waals surface area contributed by atoms with E-state index in [1.54, 1.807) is 58.0 Å². The summed E-state index contributed by atoms with van der Waals surface area (Å²) in [5.74, 6) is -11.9. The van der Waals surface area contributed by atoms with Gasteiger partial charge < -0.3 is 15.3 Å². The Morgan fingerprint density at radius 2 is 1.52 bits per heavy atom. The van der Waals surface area contributed by atoms with Crippen molar-refractivity contribution in [3.8, 4) is 16.9 Å². The maximum Gasteiger partial charge on any atom is 0.191 e. The fourth-order valence-electron chi connectivity index (χ4n) is 9.32. The Hall–Kier alpha value is -4.34. The monoisotopic (exact) mass is 624 g/mol.